The van der Waals surface area contributed by atoms with Gasteiger partial charge in [-0.2, -0.15) is 0 Å². The molecule has 1 saturated carbocycles. The Bertz CT molecular complexity index is 509. The van der Waals surface area contributed by atoms with E-state index in [0.29, 0.717) is 16.7 Å². The Kier molecular flexibility index (Phi) is 3.63. The number of rotatable bonds is 5. The van der Waals surface area contributed by atoms with E-state index in [-0.39, 0.29) is 16.7 Å². The molecule has 0 saturated heterocycles. The molecule has 0 aliphatic heterocycles. The highest BCUT2D eigenvalue weighted by Gasteiger charge is 2.63. The summed E-state index contributed by atoms with van der Waals surface area (Å²) in [6, 6.07) is 7.00. The second-order valence-corrected chi connectivity index (χ2v) is 6.98. The van der Waals surface area contributed by atoms with Gasteiger partial charge in [0.1, 0.15) is 0 Å². The lowest BCUT2D eigenvalue weighted by Gasteiger charge is -2.15. The SMILES string of the molecule is CC(NCC1C(C)(C)C1(C)C)c1cccc([N+](=O)[O-])c1. The maximum absolute atomic E-state index is 10.8. The quantitative estimate of drug-likeness (QED) is 0.655. The Morgan fingerprint density at radius 2 is 1.90 bits per heavy atom. The largest absolute Gasteiger partial charge is 0.310 e. The normalized spacial score (nSPS) is 21.4. The van der Waals surface area contributed by atoms with E-state index in [1.165, 1.54) is 6.07 Å². The van der Waals surface area contributed by atoms with Gasteiger partial charge in [0.2, 0.25) is 0 Å². The zero-order valence-electron chi connectivity index (χ0n) is 12.9. The molecule has 0 amide bonds. The van der Waals surface area contributed by atoms with Crippen LogP contribution in [0.3, 0.4) is 0 Å². The molecule has 1 aromatic carbocycles. The molecule has 1 fully saturated rings. The molecule has 0 spiro atoms. The number of nitro benzene ring substituents is 1. The van der Waals surface area contributed by atoms with Gasteiger partial charge in [-0.15, -0.1) is 0 Å². The zero-order chi connectivity index (χ0) is 15.1. The zero-order valence-corrected chi connectivity index (χ0v) is 12.9. The summed E-state index contributed by atoms with van der Waals surface area (Å²) in [7, 11) is 0. The van der Waals surface area contributed by atoms with Crippen molar-refractivity contribution in [2.75, 3.05) is 6.54 Å². The van der Waals surface area contributed by atoms with Crippen LogP contribution < -0.4 is 5.32 Å². The summed E-state index contributed by atoms with van der Waals surface area (Å²) in [4.78, 5) is 10.5. The molecule has 1 atom stereocenters. The summed E-state index contributed by atoms with van der Waals surface area (Å²) in [6.45, 7) is 12.2. The first-order chi connectivity index (χ1) is 9.18. The lowest BCUT2D eigenvalue weighted by Crippen LogP contribution is -2.23. The first kappa shape index (κ1) is 15.0. The highest BCUT2D eigenvalue weighted by Crippen LogP contribution is 2.68. The van der Waals surface area contributed by atoms with E-state index in [1.807, 2.05) is 6.07 Å². The fourth-order valence-electron chi connectivity index (χ4n) is 3.16. The maximum Gasteiger partial charge on any atom is 0.269 e. The van der Waals surface area contributed by atoms with Crippen molar-refractivity contribution in [3.05, 3.63) is 39.9 Å². The molecule has 0 bridgehead atoms. The fraction of sp³-hybridized carbons (Fsp3) is 0.625. The van der Waals surface area contributed by atoms with Crippen LogP contribution in [-0.4, -0.2) is 11.5 Å². The van der Waals surface area contributed by atoms with Gasteiger partial charge >= 0.3 is 0 Å². The molecule has 1 aliphatic rings. The third-order valence-corrected chi connectivity index (χ3v) is 5.53. The van der Waals surface area contributed by atoms with E-state index < -0.39 is 0 Å². The average Bonchev–Trinajstić information content (AvgIpc) is 2.77. The van der Waals surface area contributed by atoms with Gasteiger partial charge in [0.15, 0.2) is 0 Å². The standard InChI is InChI=1S/C16H24N2O2/c1-11(12-7-6-8-13(9-12)18(19)20)17-10-14-15(2,3)16(14,4)5/h6-9,11,14,17H,10H2,1-5H3. The number of nitrogens with one attached hydrogen (secondary N) is 1. The highest BCUT2D eigenvalue weighted by molar-refractivity contribution is 5.35. The molecular weight excluding hydrogens is 252 g/mol. The Morgan fingerprint density at radius 1 is 1.30 bits per heavy atom. The predicted molar refractivity (Wildman–Crippen MR) is 80.6 cm³/mol. The van der Waals surface area contributed by atoms with E-state index in [4.69, 9.17) is 0 Å². The van der Waals surface area contributed by atoms with Crippen molar-refractivity contribution in [3.8, 4) is 0 Å². The van der Waals surface area contributed by atoms with E-state index in [9.17, 15) is 10.1 Å². The van der Waals surface area contributed by atoms with Gasteiger partial charge in [0, 0.05) is 18.2 Å². The van der Waals surface area contributed by atoms with Crippen LogP contribution in [0.15, 0.2) is 24.3 Å². The molecule has 1 unspecified atom stereocenters. The molecule has 0 aromatic heterocycles. The average molecular weight is 276 g/mol. The van der Waals surface area contributed by atoms with Gasteiger partial charge < -0.3 is 5.32 Å². The Hall–Kier alpha value is -1.42. The number of benzene rings is 1. The van der Waals surface area contributed by atoms with Gasteiger partial charge in [0.05, 0.1) is 4.92 Å². The minimum atomic E-state index is -0.344. The summed E-state index contributed by atoms with van der Waals surface area (Å²) in [5, 5.41) is 14.3. The van der Waals surface area contributed by atoms with E-state index in [1.54, 1.807) is 12.1 Å². The van der Waals surface area contributed by atoms with Crippen LogP contribution in [0.2, 0.25) is 0 Å². The predicted octanol–water partition coefficient (Wildman–Crippen LogP) is 3.93. The molecule has 4 nitrogen and oxygen atoms in total. The van der Waals surface area contributed by atoms with Gasteiger partial charge in [-0.3, -0.25) is 10.1 Å². The second kappa shape index (κ2) is 4.85. The molecule has 0 heterocycles. The minimum absolute atomic E-state index is 0.127. The van der Waals surface area contributed by atoms with Crippen LogP contribution in [0, 0.1) is 26.9 Å². The third-order valence-electron chi connectivity index (χ3n) is 5.53. The molecule has 4 heteroatoms. The molecular formula is C16H24N2O2. The summed E-state index contributed by atoms with van der Waals surface area (Å²) >= 11 is 0. The molecule has 1 N–H and O–H groups in total. The topological polar surface area (TPSA) is 55.2 Å². The van der Waals surface area contributed by atoms with Gasteiger partial charge in [-0.05, 0) is 35.8 Å². The first-order valence-corrected chi connectivity index (χ1v) is 7.15. The number of non-ortho nitro benzene ring substituents is 1. The van der Waals surface area contributed by atoms with Crippen molar-refractivity contribution < 1.29 is 4.92 Å². The Labute approximate surface area is 120 Å². The van der Waals surface area contributed by atoms with Crippen molar-refractivity contribution in [3.63, 3.8) is 0 Å². The van der Waals surface area contributed by atoms with Crippen molar-refractivity contribution >= 4 is 5.69 Å². The lowest BCUT2D eigenvalue weighted by molar-refractivity contribution is -0.384. The van der Waals surface area contributed by atoms with E-state index in [2.05, 4.69) is 39.9 Å². The van der Waals surface area contributed by atoms with Crippen LogP contribution in [0.1, 0.15) is 46.2 Å². The van der Waals surface area contributed by atoms with Gasteiger partial charge in [-0.1, -0.05) is 39.8 Å². The maximum atomic E-state index is 10.8. The first-order valence-electron chi connectivity index (χ1n) is 7.15. The van der Waals surface area contributed by atoms with Crippen molar-refractivity contribution in [2.45, 2.75) is 40.7 Å². The summed E-state index contributed by atoms with van der Waals surface area (Å²) in [5.41, 5.74) is 1.85. The third kappa shape index (κ3) is 2.44. The molecule has 2 rings (SSSR count). The number of nitro groups is 1. The number of nitrogens with zero attached hydrogens (tertiary/aromatic N) is 1. The Morgan fingerprint density at radius 3 is 2.40 bits per heavy atom. The summed E-state index contributed by atoms with van der Waals surface area (Å²) in [6.07, 6.45) is 0. The van der Waals surface area contributed by atoms with Crippen LogP contribution in [0.5, 0.6) is 0 Å². The molecule has 0 radical (unpaired) electrons. The number of hydrogen-bond donors (Lipinski definition) is 1. The lowest BCUT2D eigenvalue weighted by atomic mass is 10.0. The minimum Gasteiger partial charge on any atom is -0.310 e. The second-order valence-electron chi connectivity index (χ2n) is 6.98. The Balaban J connectivity index is 1.98. The molecule has 110 valence electrons. The van der Waals surface area contributed by atoms with Gasteiger partial charge in [0.25, 0.3) is 5.69 Å². The van der Waals surface area contributed by atoms with Crippen LogP contribution in [0.25, 0.3) is 0 Å². The van der Waals surface area contributed by atoms with Crippen molar-refractivity contribution in [1.82, 2.24) is 5.32 Å². The van der Waals surface area contributed by atoms with Crippen LogP contribution >= 0.6 is 0 Å². The fourth-order valence-corrected chi connectivity index (χ4v) is 3.16. The number of hydrogen-bond acceptors (Lipinski definition) is 3. The smallest absolute Gasteiger partial charge is 0.269 e. The molecule has 1 aromatic rings. The summed E-state index contributed by atoms with van der Waals surface area (Å²) < 4.78 is 0. The van der Waals surface area contributed by atoms with E-state index >= 15 is 0 Å². The van der Waals surface area contributed by atoms with Crippen LogP contribution in [0.4, 0.5) is 5.69 Å². The van der Waals surface area contributed by atoms with Crippen molar-refractivity contribution in [1.29, 1.82) is 0 Å². The monoisotopic (exact) mass is 276 g/mol. The van der Waals surface area contributed by atoms with Gasteiger partial charge in [-0.25, -0.2) is 0 Å². The molecule has 20 heavy (non-hydrogen) atoms. The van der Waals surface area contributed by atoms with Crippen LogP contribution in [-0.2, 0) is 0 Å². The molecule has 1 aliphatic carbocycles. The van der Waals surface area contributed by atoms with E-state index in [0.717, 1.165) is 12.1 Å². The van der Waals surface area contributed by atoms with Crippen molar-refractivity contribution in [2.24, 2.45) is 16.7 Å². The highest BCUT2D eigenvalue weighted by atomic mass is 16.6. The summed E-state index contributed by atoms with van der Waals surface area (Å²) in [5.74, 6) is 0.649.